The molecule has 3 aliphatic rings. The highest BCUT2D eigenvalue weighted by atomic mass is 15.2. The number of nitrogens with zero attached hydrogens (tertiary/aromatic N) is 1. The molecule has 0 spiro atoms. The maximum Gasteiger partial charge on any atom is 0.0100 e. The lowest BCUT2D eigenvalue weighted by molar-refractivity contribution is 0.0490. The van der Waals surface area contributed by atoms with Gasteiger partial charge in [0.15, 0.2) is 0 Å². The summed E-state index contributed by atoms with van der Waals surface area (Å²) in [7, 11) is 0. The molecular weight excluding hydrogens is 196 g/mol. The number of rotatable bonds is 2. The van der Waals surface area contributed by atoms with E-state index in [4.69, 9.17) is 0 Å². The monoisotopic (exact) mass is 222 g/mol. The fourth-order valence-corrected chi connectivity index (χ4v) is 3.96. The van der Waals surface area contributed by atoms with Gasteiger partial charge in [-0.1, -0.05) is 6.92 Å². The Balaban J connectivity index is 1.44. The van der Waals surface area contributed by atoms with Crippen molar-refractivity contribution in [3.05, 3.63) is 0 Å². The van der Waals surface area contributed by atoms with Crippen molar-refractivity contribution < 1.29 is 0 Å². The van der Waals surface area contributed by atoms with Gasteiger partial charge in [0, 0.05) is 12.1 Å². The smallest absolute Gasteiger partial charge is 0.0100 e. The molecule has 0 radical (unpaired) electrons. The van der Waals surface area contributed by atoms with Gasteiger partial charge in [-0.25, -0.2) is 0 Å². The minimum Gasteiger partial charge on any atom is -0.314 e. The van der Waals surface area contributed by atoms with Gasteiger partial charge >= 0.3 is 0 Å². The summed E-state index contributed by atoms with van der Waals surface area (Å²) in [6.45, 7) is 6.41. The maximum absolute atomic E-state index is 3.69. The second-order valence-electron chi connectivity index (χ2n) is 6.31. The number of nitrogens with one attached hydrogen (secondary N) is 1. The summed E-state index contributed by atoms with van der Waals surface area (Å²) in [5.41, 5.74) is 0. The van der Waals surface area contributed by atoms with E-state index in [-0.39, 0.29) is 0 Å². The fraction of sp³-hybridized carbons (Fsp3) is 1.00. The molecule has 3 rings (SSSR count). The number of hydrogen-bond acceptors (Lipinski definition) is 2. The van der Waals surface area contributed by atoms with Gasteiger partial charge in [-0.3, -0.25) is 0 Å². The first-order valence-electron chi connectivity index (χ1n) is 7.30. The molecule has 16 heavy (non-hydrogen) atoms. The summed E-state index contributed by atoms with van der Waals surface area (Å²) in [5.74, 6) is 1.98. The molecule has 92 valence electrons. The quantitative estimate of drug-likeness (QED) is 0.771. The molecule has 0 bridgehead atoms. The number of likely N-dealkylation sites (tertiary alicyclic amines) is 1. The first-order chi connectivity index (χ1) is 7.83. The Morgan fingerprint density at radius 1 is 1.06 bits per heavy atom. The van der Waals surface area contributed by atoms with Crippen LogP contribution in [0.15, 0.2) is 0 Å². The van der Waals surface area contributed by atoms with Crippen molar-refractivity contribution in [1.29, 1.82) is 0 Å². The van der Waals surface area contributed by atoms with Gasteiger partial charge in [-0.15, -0.1) is 0 Å². The highest BCUT2D eigenvalue weighted by molar-refractivity contribution is 4.90. The van der Waals surface area contributed by atoms with E-state index in [2.05, 4.69) is 17.1 Å². The van der Waals surface area contributed by atoms with Crippen LogP contribution in [0.1, 0.15) is 45.4 Å². The fourth-order valence-electron chi connectivity index (χ4n) is 3.96. The Hall–Kier alpha value is -0.0800. The van der Waals surface area contributed by atoms with Gasteiger partial charge in [0.25, 0.3) is 0 Å². The third-order valence-electron chi connectivity index (χ3n) is 5.11. The second kappa shape index (κ2) is 4.66. The summed E-state index contributed by atoms with van der Waals surface area (Å²) in [5, 5.41) is 3.69. The molecular formula is C14H26N2. The van der Waals surface area contributed by atoms with Crippen molar-refractivity contribution in [3.8, 4) is 0 Å². The number of piperidine rings is 1. The van der Waals surface area contributed by atoms with Crippen molar-refractivity contribution >= 4 is 0 Å². The molecule has 0 amide bonds. The van der Waals surface area contributed by atoms with Gasteiger partial charge < -0.3 is 10.2 Å². The van der Waals surface area contributed by atoms with Crippen molar-refractivity contribution in [3.63, 3.8) is 0 Å². The summed E-state index contributed by atoms with van der Waals surface area (Å²) < 4.78 is 0. The summed E-state index contributed by atoms with van der Waals surface area (Å²) in [6.07, 6.45) is 8.67. The predicted octanol–water partition coefficient (Wildman–Crippen LogP) is 2.25. The van der Waals surface area contributed by atoms with E-state index in [1.807, 2.05) is 0 Å². The van der Waals surface area contributed by atoms with Crippen LogP contribution in [0.4, 0.5) is 0 Å². The molecule has 1 unspecified atom stereocenters. The molecule has 1 atom stereocenters. The average Bonchev–Trinajstić information content (AvgIpc) is 2.79. The zero-order chi connectivity index (χ0) is 11.0. The van der Waals surface area contributed by atoms with E-state index in [1.165, 1.54) is 58.2 Å². The lowest BCUT2D eigenvalue weighted by atomic mass is 9.79. The Kier molecular flexibility index (Phi) is 3.21. The van der Waals surface area contributed by atoms with E-state index in [0.29, 0.717) is 0 Å². The third-order valence-corrected chi connectivity index (χ3v) is 5.11. The van der Waals surface area contributed by atoms with Crippen LogP contribution < -0.4 is 5.32 Å². The van der Waals surface area contributed by atoms with Crippen molar-refractivity contribution in [2.45, 2.75) is 57.5 Å². The lowest BCUT2D eigenvalue weighted by Gasteiger charge is -2.45. The minimum atomic E-state index is 0.863. The molecule has 0 aromatic heterocycles. The van der Waals surface area contributed by atoms with Crippen LogP contribution >= 0.6 is 0 Å². The molecule has 2 nitrogen and oxygen atoms in total. The zero-order valence-corrected chi connectivity index (χ0v) is 10.6. The summed E-state index contributed by atoms with van der Waals surface area (Å²) in [4.78, 5) is 2.77. The van der Waals surface area contributed by atoms with Crippen LogP contribution in [0, 0.1) is 11.8 Å². The van der Waals surface area contributed by atoms with Crippen LogP contribution in [0.5, 0.6) is 0 Å². The average molecular weight is 222 g/mol. The zero-order valence-electron chi connectivity index (χ0n) is 10.6. The van der Waals surface area contributed by atoms with E-state index in [9.17, 15) is 0 Å². The molecule has 1 N–H and O–H groups in total. The van der Waals surface area contributed by atoms with Gasteiger partial charge in [-0.2, -0.15) is 0 Å². The minimum absolute atomic E-state index is 0.863. The van der Waals surface area contributed by atoms with Crippen LogP contribution in [0.2, 0.25) is 0 Å². The third kappa shape index (κ3) is 2.14. The largest absolute Gasteiger partial charge is 0.314 e. The molecule has 0 aromatic rings. The maximum atomic E-state index is 3.69. The predicted molar refractivity (Wildman–Crippen MR) is 67.5 cm³/mol. The van der Waals surface area contributed by atoms with Crippen molar-refractivity contribution in [1.82, 2.24) is 10.2 Å². The van der Waals surface area contributed by atoms with Crippen molar-refractivity contribution in [2.24, 2.45) is 11.8 Å². The van der Waals surface area contributed by atoms with E-state index in [0.717, 1.165) is 23.9 Å². The molecule has 0 aromatic carbocycles. The molecule has 2 aliphatic heterocycles. The van der Waals surface area contributed by atoms with Gasteiger partial charge in [-0.05, 0) is 70.0 Å². The Bertz CT molecular complexity index is 221. The molecule has 2 saturated heterocycles. The lowest BCUT2D eigenvalue weighted by Crippen LogP contribution is -2.49. The van der Waals surface area contributed by atoms with E-state index < -0.39 is 0 Å². The SMILES string of the molecule is CC1CC(N2CCC(C3CCCN3)CC2)C1. The van der Waals surface area contributed by atoms with Crippen LogP contribution in [-0.4, -0.2) is 36.6 Å². The van der Waals surface area contributed by atoms with Gasteiger partial charge in [0.1, 0.15) is 0 Å². The summed E-state index contributed by atoms with van der Waals surface area (Å²) in [6, 6.07) is 1.81. The van der Waals surface area contributed by atoms with Gasteiger partial charge in [0.2, 0.25) is 0 Å². The van der Waals surface area contributed by atoms with Crippen LogP contribution in [-0.2, 0) is 0 Å². The topological polar surface area (TPSA) is 15.3 Å². The van der Waals surface area contributed by atoms with Crippen LogP contribution in [0.3, 0.4) is 0 Å². The Morgan fingerprint density at radius 2 is 1.81 bits per heavy atom. The molecule has 1 saturated carbocycles. The normalized spacial score (nSPS) is 42.2. The second-order valence-corrected chi connectivity index (χ2v) is 6.31. The highest BCUT2D eigenvalue weighted by Crippen LogP contribution is 2.34. The highest BCUT2D eigenvalue weighted by Gasteiger charge is 2.34. The van der Waals surface area contributed by atoms with Crippen molar-refractivity contribution in [2.75, 3.05) is 19.6 Å². The number of hydrogen-bond donors (Lipinski definition) is 1. The standard InChI is InChI=1S/C14H26N2/c1-11-9-13(10-11)16-7-4-12(5-8-16)14-3-2-6-15-14/h11-15H,2-10H2,1H3. The summed E-state index contributed by atoms with van der Waals surface area (Å²) >= 11 is 0. The Labute approximate surface area is 99.8 Å². The molecule has 1 aliphatic carbocycles. The first-order valence-corrected chi connectivity index (χ1v) is 7.30. The first kappa shape index (κ1) is 11.0. The van der Waals surface area contributed by atoms with Gasteiger partial charge in [0.05, 0.1) is 0 Å². The molecule has 3 fully saturated rings. The van der Waals surface area contributed by atoms with E-state index in [1.54, 1.807) is 0 Å². The molecule has 2 heteroatoms. The molecule has 2 heterocycles. The van der Waals surface area contributed by atoms with E-state index >= 15 is 0 Å². The van der Waals surface area contributed by atoms with Crippen LogP contribution in [0.25, 0.3) is 0 Å². The Morgan fingerprint density at radius 3 is 2.38 bits per heavy atom.